The monoisotopic (exact) mass is 720 g/mol. The molecule has 4 rings (SSSR count). The average molecular weight is 720 g/mol. The van der Waals surface area contributed by atoms with Gasteiger partial charge >= 0.3 is 52.4 Å². The second-order valence-electron chi connectivity index (χ2n) is 8.17. The zero-order valence-corrected chi connectivity index (χ0v) is 24.9. The third-order valence-corrected chi connectivity index (χ3v) is 14.6. The fraction of sp³-hybridized carbons (Fsp3) is 0.161. The third-order valence-electron chi connectivity index (χ3n) is 5.45. The second-order valence-corrected chi connectivity index (χ2v) is 16.9. The van der Waals surface area contributed by atoms with Crippen molar-refractivity contribution < 1.29 is 56.2 Å². The van der Waals surface area contributed by atoms with E-state index in [1.807, 2.05) is 128 Å². The Hall–Kier alpha value is -2.72. The molecular weight excluding hydrogens is 690 g/mol. The van der Waals surface area contributed by atoms with Gasteiger partial charge in [0.05, 0.1) is 0 Å². The molecule has 0 aromatic heterocycles. The van der Waals surface area contributed by atoms with Crippen molar-refractivity contribution in [2.24, 2.45) is 5.92 Å². The number of hydrogen-bond donors (Lipinski definition) is 0. The summed E-state index contributed by atoms with van der Waals surface area (Å²) in [5, 5.41) is 0. The van der Waals surface area contributed by atoms with Crippen LogP contribution in [0.15, 0.2) is 121 Å². The zero-order chi connectivity index (χ0) is 25.9. The normalized spacial score (nSPS) is 11.0. The van der Waals surface area contributed by atoms with E-state index in [1.165, 1.54) is 0 Å². The highest BCUT2D eigenvalue weighted by atomic mass is 127. The largest absolute Gasteiger partial charge is 0.374 e. The molecule has 37 heavy (non-hydrogen) atoms. The van der Waals surface area contributed by atoms with Gasteiger partial charge in [0.15, 0.2) is 20.2 Å². The Kier molecular flexibility index (Phi) is 10.5. The number of rotatable bonds is 11. The Labute approximate surface area is 234 Å². The first-order chi connectivity index (χ1) is 18.2. The minimum atomic E-state index is -2.56. The van der Waals surface area contributed by atoms with Crippen LogP contribution in [-0.4, -0.2) is 11.9 Å². The Morgan fingerprint density at radius 2 is 0.865 bits per heavy atom. The fourth-order valence-corrected chi connectivity index (χ4v) is 11.8. The summed E-state index contributed by atoms with van der Waals surface area (Å²) in [5.74, 6) is -1.90. The van der Waals surface area contributed by atoms with E-state index in [2.05, 4.69) is 0 Å². The maximum absolute atomic E-state index is 13.6. The molecule has 0 spiro atoms. The van der Waals surface area contributed by atoms with E-state index in [1.54, 1.807) is 0 Å². The molecule has 0 heterocycles. The quantitative estimate of drug-likeness (QED) is 0.167. The highest BCUT2D eigenvalue weighted by molar-refractivity contribution is 5.94. The van der Waals surface area contributed by atoms with Crippen molar-refractivity contribution in [3.8, 4) is 0 Å². The average Bonchev–Trinajstić information content (AvgIpc) is 2.96. The first-order valence-electron chi connectivity index (χ1n) is 12.2. The Morgan fingerprint density at radius 1 is 0.568 bits per heavy atom. The van der Waals surface area contributed by atoms with Crippen molar-refractivity contribution in [1.82, 2.24) is 0 Å². The molecule has 0 saturated heterocycles. The maximum atomic E-state index is 13.6. The van der Waals surface area contributed by atoms with Gasteiger partial charge in [0.25, 0.3) is 0 Å². The minimum Gasteiger partial charge on any atom is -0.246 e. The van der Waals surface area contributed by atoms with E-state index in [-0.39, 0.29) is 0 Å². The van der Waals surface area contributed by atoms with E-state index in [0.29, 0.717) is 6.42 Å². The predicted octanol–water partition coefficient (Wildman–Crippen LogP) is 0.438. The minimum absolute atomic E-state index is 0.412. The standard InChI is InChI=1S/C31H30I2O4/c1-2-3-24-29(30(34)36-32(25-16-8-4-9-17-25)26-18-10-5-11-19-26)31(35)37-33(27-20-12-6-13-21-27)28-22-14-7-15-23-28/h4-23,29H,2-3,24H2,1H3/q+2. The molecule has 0 aliphatic carbocycles. The summed E-state index contributed by atoms with van der Waals surface area (Å²) in [5.41, 5.74) is 0. The van der Waals surface area contributed by atoms with Crippen LogP contribution < -0.4 is 40.5 Å². The molecule has 0 amide bonds. The number of unbranched alkanes of at least 4 members (excludes halogenated alkanes) is 1. The van der Waals surface area contributed by atoms with Gasteiger partial charge in [-0.25, -0.2) is 15.7 Å². The van der Waals surface area contributed by atoms with E-state index >= 15 is 0 Å². The summed E-state index contributed by atoms with van der Waals surface area (Å²) in [7, 11) is 0. The van der Waals surface area contributed by atoms with Gasteiger partial charge in [-0.1, -0.05) is 92.6 Å². The molecule has 0 aliphatic heterocycles. The number of halogens is 2. The predicted molar refractivity (Wildman–Crippen MR) is 136 cm³/mol. The summed E-state index contributed by atoms with van der Waals surface area (Å²) in [6, 6.07) is 39.4. The van der Waals surface area contributed by atoms with Gasteiger partial charge in [0, 0.05) is 0 Å². The van der Waals surface area contributed by atoms with Crippen LogP contribution in [0.2, 0.25) is 0 Å². The molecule has 0 fully saturated rings. The molecule has 0 saturated carbocycles. The molecule has 4 aromatic carbocycles. The van der Waals surface area contributed by atoms with Crippen LogP contribution in [0.3, 0.4) is 0 Å². The smallest absolute Gasteiger partial charge is 0.246 e. The first-order valence-corrected chi connectivity index (χ1v) is 18.3. The van der Waals surface area contributed by atoms with E-state index in [4.69, 9.17) is 6.13 Å². The summed E-state index contributed by atoms with van der Waals surface area (Å²) in [6.45, 7) is 2.05. The number of hydrogen-bond acceptors (Lipinski definition) is 4. The molecule has 0 unspecified atom stereocenters. The van der Waals surface area contributed by atoms with Crippen molar-refractivity contribution in [3.63, 3.8) is 0 Å². The highest BCUT2D eigenvalue weighted by Crippen LogP contribution is 2.11. The molecule has 0 bridgehead atoms. The van der Waals surface area contributed by atoms with Crippen LogP contribution in [0.1, 0.15) is 26.2 Å². The number of carbonyl (C=O) groups excluding carboxylic acids is 2. The second kappa shape index (κ2) is 14.3. The van der Waals surface area contributed by atoms with Crippen molar-refractivity contribution in [3.05, 3.63) is 136 Å². The number of carbonyl (C=O) groups is 2. The van der Waals surface area contributed by atoms with Gasteiger partial charge in [-0.15, -0.1) is 0 Å². The Balaban J connectivity index is 1.60. The Bertz CT molecular complexity index is 1080. The van der Waals surface area contributed by atoms with Crippen LogP contribution in [-0.2, 0) is 15.7 Å². The Morgan fingerprint density at radius 3 is 1.14 bits per heavy atom. The first kappa shape index (κ1) is 27.3. The summed E-state index contributed by atoms with van der Waals surface area (Å²) in [4.78, 5) is 27.3. The summed E-state index contributed by atoms with van der Waals surface area (Å²) < 4.78 is 16.5. The summed E-state index contributed by atoms with van der Waals surface area (Å²) >= 11 is -5.12. The molecule has 6 heteroatoms. The van der Waals surface area contributed by atoms with Crippen molar-refractivity contribution in [2.45, 2.75) is 26.2 Å². The van der Waals surface area contributed by atoms with E-state index in [9.17, 15) is 9.59 Å². The lowest BCUT2D eigenvalue weighted by Crippen LogP contribution is -3.86. The van der Waals surface area contributed by atoms with Crippen LogP contribution in [0.5, 0.6) is 0 Å². The lowest BCUT2D eigenvalue weighted by molar-refractivity contribution is -1.04. The molecule has 0 N–H and O–H groups in total. The lowest BCUT2D eigenvalue weighted by atomic mass is 10.0. The van der Waals surface area contributed by atoms with E-state index in [0.717, 1.165) is 27.1 Å². The van der Waals surface area contributed by atoms with Crippen LogP contribution in [0.4, 0.5) is 0 Å². The van der Waals surface area contributed by atoms with Crippen LogP contribution >= 0.6 is 0 Å². The SMILES string of the molecule is CCCCC(C(=O)O[I+](c1ccccc1)c1ccccc1)C(=O)O[I+](c1ccccc1)c1ccccc1. The van der Waals surface area contributed by atoms with Crippen molar-refractivity contribution in [1.29, 1.82) is 0 Å². The van der Waals surface area contributed by atoms with Crippen LogP contribution in [0, 0.1) is 20.2 Å². The topological polar surface area (TPSA) is 52.6 Å². The molecular formula is C31H30I2O4+2. The van der Waals surface area contributed by atoms with Crippen LogP contribution in [0.25, 0.3) is 0 Å². The van der Waals surface area contributed by atoms with Gasteiger partial charge < -0.3 is 0 Å². The van der Waals surface area contributed by atoms with Crippen molar-refractivity contribution in [2.75, 3.05) is 0 Å². The van der Waals surface area contributed by atoms with Gasteiger partial charge in [0.1, 0.15) is 0 Å². The fourth-order valence-electron chi connectivity index (χ4n) is 3.55. The van der Waals surface area contributed by atoms with Gasteiger partial charge in [0.2, 0.25) is 0 Å². The lowest BCUT2D eigenvalue weighted by Gasteiger charge is -2.13. The molecule has 4 aromatic rings. The molecule has 190 valence electrons. The molecule has 4 nitrogen and oxygen atoms in total. The van der Waals surface area contributed by atoms with Gasteiger partial charge in [-0.2, -0.15) is 0 Å². The summed E-state index contributed by atoms with van der Waals surface area (Å²) in [6.07, 6.45) is 2.02. The maximum Gasteiger partial charge on any atom is 0.374 e. The van der Waals surface area contributed by atoms with E-state index < -0.39 is 58.3 Å². The third kappa shape index (κ3) is 7.64. The zero-order valence-electron chi connectivity index (χ0n) is 20.6. The van der Waals surface area contributed by atoms with Gasteiger partial charge in [-0.3, -0.25) is 0 Å². The van der Waals surface area contributed by atoms with Gasteiger partial charge in [-0.05, 0) is 55.0 Å². The molecule has 0 aliphatic rings. The molecule has 2 radical (unpaired) electrons. The molecule has 0 atom stereocenters. The highest BCUT2D eigenvalue weighted by Gasteiger charge is 2.44. The van der Waals surface area contributed by atoms with Crippen molar-refractivity contribution >= 4 is 11.9 Å². The number of benzene rings is 4.